The van der Waals surface area contributed by atoms with Crippen LogP contribution in [-0.4, -0.2) is 54.3 Å². The quantitative estimate of drug-likeness (QED) is 0.791. The van der Waals surface area contributed by atoms with Gasteiger partial charge in [-0.1, -0.05) is 27.2 Å². The lowest BCUT2D eigenvalue weighted by Crippen LogP contribution is -2.52. The Kier molecular flexibility index (Phi) is 5.25. The molecule has 2 aliphatic rings. The maximum Gasteiger partial charge on any atom is 0.142 e. The van der Waals surface area contributed by atoms with Crippen molar-refractivity contribution in [2.24, 2.45) is 11.3 Å². The summed E-state index contributed by atoms with van der Waals surface area (Å²) < 4.78 is 0. The topological polar surface area (TPSA) is 23.6 Å². The molecular formula is C17H32N2O. The predicted octanol–water partition coefficient (Wildman–Crippen LogP) is 2.80. The van der Waals surface area contributed by atoms with Gasteiger partial charge in [0.25, 0.3) is 0 Å². The normalized spacial score (nSPS) is 30.4. The summed E-state index contributed by atoms with van der Waals surface area (Å²) in [6, 6.07) is 0.701. The molecule has 1 heterocycles. The molecule has 0 spiro atoms. The molecule has 20 heavy (non-hydrogen) atoms. The van der Waals surface area contributed by atoms with Gasteiger partial charge in [0.2, 0.25) is 0 Å². The molecule has 2 fully saturated rings. The van der Waals surface area contributed by atoms with Gasteiger partial charge in [-0.05, 0) is 26.2 Å². The van der Waals surface area contributed by atoms with E-state index in [2.05, 4.69) is 37.5 Å². The molecule has 116 valence electrons. The smallest absolute Gasteiger partial charge is 0.142 e. The lowest BCUT2D eigenvalue weighted by Gasteiger charge is -2.41. The van der Waals surface area contributed by atoms with Gasteiger partial charge in [-0.2, -0.15) is 0 Å². The number of rotatable bonds is 4. The first kappa shape index (κ1) is 16.0. The second-order valence-electron chi connectivity index (χ2n) is 7.43. The van der Waals surface area contributed by atoms with Gasteiger partial charge >= 0.3 is 0 Å². The average molecular weight is 280 g/mol. The van der Waals surface area contributed by atoms with Crippen molar-refractivity contribution in [3.05, 3.63) is 0 Å². The summed E-state index contributed by atoms with van der Waals surface area (Å²) in [6.45, 7) is 14.4. The van der Waals surface area contributed by atoms with Crippen molar-refractivity contribution in [1.82, 2.24) is 9.80 Å². The van der Waals surface area contributed by atoms with E-state index in [1.807, 2.05) is 0 Å². The minimum atomic E-state index is -0.0819. The first-order chi connectivity index (χ1) is 9.44. The Hall–Kier alpha value is -0.410. The second-order valence-corrected chi connectivity index (χ2v) is 7.43. The van der Waals surface area contributed by atoms with Crippen LogP contribution in [0.2, 0.25) is 0 Å². The van der Waals surface area contributed by atoms with Crippen molar-refractivity contribution in [3.8, 4) is 0 Å². The summed E-state index contributed by atoms with van der Waals surface area (Å²) >= 11 is 0. The molecule has 2 atom stereocenters. The fourth-order valence-electron chi connectivity index (χ4n) is 3.73. The number of hydrogen-bond acceptors (Lipinski definition) is 3. The van der Waals surface area contributed by atoms with Crippen molar-refractivity contribution in [2.45, 2.75) is 59.4 Å². The van der Waals surface area contributed by atoms with Crippen LogP contribution in [0.1, 0.15) is 53.4 Å². The average Bonchev–Trinajstić information content (AvgIpc) is 2.44. The molecule has 0 aromatic carbocycles. The van der Waals surface area contributed by atoms with E-state index >= 15 is 0 Å². The monoisotopic (exact) mass is 280 g/mol. The van der Waals surface area contributed by atoms with Crippen molar-refractivity contribution < 1.29 is 4.79 Å². The molecule has 0 radical (unpaired) electrons. The molecule has 0 aromatic heterocycles. The number of carbonyl (C=O) groups is 1. The molecule has 0 bridgehead atoms. The highest BCUT2D eigenvalue weighted by molar-refractivity contribution is 5.87. The SMILES string of the molecule is CCC(C)N1CCN(CC2CCCC(C)(C)C2=O)CC1. The van der Waals surface area contributed by atoms with E-state index in [0.717, 1.165) is 32.5 Å². The first-order valence-corrected chi connectivity index (χ1v) is 8.44. The third-order valence-electron chi connectivity index (χ3n) is 5.49. The van der Waals surface area contributed by atoms with Crippen molar-refractivity contribution in [3.63, 3.8) is 0 Å². The van der Waals surface area contributed by atoms with Crippen LogP contribution in [0.5, 0.6) is 0 Å². The molecule has 0 N–H and O–H groups in total. The van der Waals surface area contributed by atoms with Crippen molar-refractivity contribution in [2.75, 3.05) is 32.7 Å². The summed E-state index contributed by atoms with van der Waals surface area (Å²) in [6.07, 6.45) is 4.63. The Labute approximate surface area is 124 Å². The third-order valence-corrected chi connectivity index (χ3v) is 5.49. The van der Waals surface area contributed by atoms with E-state index < -0.39 is 0 Å². The molecule has 3 nitrogen and oxygen atoms in total. The molecule has 0 amide bonds. The fraction of sp³-hybridized carbons (Fsp3) is 0.941. The Balaban J connectivity index is 1.82. The number of piperazine rings is 1. The van der Waals surface area contributed by atoms with Gasteiger partial charge in [-0.25, -0.2) is 0 Å². The molecule has 2 unspecified atom stereocenters. The predicted molar refractivity (Wildman–Crippen MR) is 83.9 cm³/mol. The van der Waals surface area contributed by atoms with E-state index in [1.165, 1.54) is 25.9 Å². The standard InChI is InChI=1S/C17H32N2O/c1-5-14(2)19-11-9-18(10-12-19)13-15-7-6-8-17(3,4)16(15)20/h14-15H,5-13H2,1-4H3. The Bertz CT molecular complexity index is 332. The number of Topliss-reactive ketones (excluding diaryl/α,β-unsaturated/α-hetero) is 1. The fourth-order valence-corrected chi connectivity index (χ4v) is 3.73. The van der Waals surface area contributed by atoms with E-state index in [1.54, 1.807) is 0 Å². The van der Waals surface area contributed by atoms with Gasteiger partial charge in [0.1, 0.15) is 5.78 Å². The summed E-state index contributed by atoms with van der Waals surface area (Å²) in [4.78, 5) is 17.6. The molecule has 1 saturated heterocycles. The Morgan fingerprint density at radius 2 is 1.90 bits per heavy atom. The van der Waals surface area contributed by atoms with Crippen LogP contribution in [0.4, 0.5) is 0 Å². The van der Waals surface area contributed by atoms with Crippen LogP contribution in [-0.2, 0) is 4.79 Å². The van der Waals surface area contributed by atoms with Gasteiger partial charge < -0.3 is 4.90 Å². The first-order valence-electron chi connectivity index (χ1n) is 8.44. The molecule has 1 aliphatic heterocycles. The number of hydrogen-bond donors (Lipinski definition) is 0. The van der Waals surface area contributed by atoms with Gasteiger partial charge in [-0.15, -0.1) is 0 Å². The molecule has 1 saturated carbocycles. The van der Waals surface area contributed by atoms with Crippen molar-refractivity contribution in [1.29, 1.82) is 0 Å². The Morgan fingerprint density at radius 1 is 1.25 bits per heavy atom. The molecule has 3 heteroatoms. The van der Waals surface area contributed by atoms with Gasteiger partial charge in [0.15, 0.2) is 0 Å². The van der Waals surface area contributed by atoms with E-state index in [0.29, 0.717) is 11.8 Å². The largest absolute Gasteiger partial charge is 0.300 e. The highest BCUT2D eigenvalue weighted by Gasteiger charge is 2.38. The van der Waals surface area contributed by atoms with Crippen LogP contribution in [0.15, 0.2) is 0 Å². The highest BCUT2D eigenvalue weighted by Crippen LogP contribution is 2.35. The zero-order valence-corrected chi connectivity index (χ0v) is 13.8. The minimum Gasteiger partial charge on any atom is -0.300 e. The van der Waals surface area contributed by atoms with Crippen LogP contribution in [0.3, 0.4) is 0 Å². The highest BCUT2D eigenvalue weighted by atomic mass is 16.1. The minimum absolute atomic E-state index is 0.0819. The van der Waals surface area contributed by atoms with E-state index in [4.69, 9.17) is 0 Å². The molecule has 1 aliphatic carbocycles. The van der Waals surface area contributed by atoms with Crippen LogP contribution in [0.25, 0.3) is 0 Å². The molecule has 0 aromatic rings. The maximum absolute atomic E-state index is 12.5. The third kappa shape index (κ3) is 3.62. The number of nitrogens with zero attached hydrogens (tertiary/aromatic N) is 2. The summed E-state index contributed by atoms with van der Waals surface area (Å²) in [5, 5.41) is 0. The lowest BCUT2D eigenvalue weighted by molar-refractivity contribution is -0.135. The molecule has 2 rings (SSSR count). The summed E-state index contributed by atoms with van der Waals surface area (Å²) in [5.41, 5.74) is -0.0819. The van der Waals surface area contributed by atoms with Crippen LogP contribution < -0.4 is 0 Å². The Morgan fingerprint density at radius 3 is 2.50 bits per heavy atom. The van der Waals surface area contributed by atoms with Gasteiger partial charge in [0.05, 0.1) is 0 Å². The zero-order valence-electron chi connectivity index (χ0n) is 13.8. The van der Waals surface area contributed by atoms with Crippen LogP contribution in [0, 0.1) is 11.3 Å². The molecular weight excluding hydrogens is 248 g/mol. The van der Waals surface area contributed by atoms with E-state index in [9.17, 15) is 4.79 Å². The van der Waals surface area contributed by atoms with Crippen LogP contribution >= 0.6 is 0 Å². The van der Waals surface area contributed by atoms with Crippen molar-refractivity contribution >= 4 is 5.78 Å². The van der Waals surface area contributed by atoms with E-state index in [-0.39, 0.29) is 11.3 Å². The summed E-state index contributed by atoms with van der Waals surface area (Å²) in [7, 11) is 0. The van der Waals surface area contributed by atoms with Gasteiger partial charge in [-0.3, -0.25) is 9.69 Å². The lowest BCUT2D eigenvalue weighted by atomic mass is 9.71. The van der Waals surface area contributed by atoms with Gasteiger partial charge in [0, 0.05) is 50.1 Å². The number of ketones is 1. The summed E-state index contributed by atoms with van der Waals surface area (Å²) in [5.74, 6) is 0.794. The number of carbonyl (C=O) groups excluding carboxylic acids is 1. The second kappa shape index (κ2) is 6.57. The maximum atomic E-state index is 12.5. The zero-order chi connectivity index (χ0) is 14.8.